The Bertz CT molecular complexity index is 620. The van der Waals surface area contributed by atoms with Gasteiger partial charge in [-0.25, -0.2) is 4.39 Å². The molecule has 8 heteroatoms. The molecule has 0 aliphatic carbocycles. The van der Waals surface area contributed by atoms with Crippen LogP contribution in [0.5, 0.6) is 0 Å². The standard InChI is InChI=1S/C16H21FN4O2.ClH/c17-13-10-14-11(1-2-15(22)20-14)9-12(13)16(23)19-5-8-21-6-3-18-4-7-21;/h9-10,18H,1-8H2,(H,19,23)(H,20,22);1H. The number of rotatable bonds is 4. The van der Waals surface area contributed by atoms with E-state index < -0.39 is 11.7 Å². The first kappa shape index (κ1) is 18.6. The molecule has 0 spiro atoms. The number of hydrogen-bond acceptors (Lipinski definition) is 4. The minimum atomic E-state index is -0.606. The second-order valence-electron chi connectivity index (χ2n) is 5.88. The normalized spacial score (nSPS) is 17.5. The SMILES string of the molecule is Cl.O=C1CCc2cc(C(=O)NCCN3CCNCC3)c(F)cc2N1. The van der Waals surface area contributed by atoms with Crippen molar-refractivity contribution in [1.29, 1.82) is 0 Å². The molecule has 0 atom stereocenters. The molecular weight excluding hydrogens is 335 g/mol. The van der Waals surface area contributed by atoms with Crippen LogP contribution in [-0.4, -0.2) is 56.0 Å². The van der Waals surface area contributed by atoms with Gasteiger partial charge in [0.15, 0.2) is 0 Å². The zero-order valence-corrected chi connectivity index (χ0v) is 14.2. The lowest BCUT2D eigenvalue weighted by atomic mass is 9.99. The summed E-state index contributed by atoms with van der Waals surface area (Å²) >= 11 is 0. The molecule has 0 unspecified atom stereocenters. The van der Waals surface area contributed by atoms with Crippen molar-refractivity contribution in [2.75, 3.05) is 44.6 Å². The van der Waals surface area contributed by atoms with E-state index in [9.17, 15) is 14.0 Å². The number of aryl methyl sites for hydroxylation is 1. The van der Waals surface area contributed by atoms with Crippen molar-refractivity contribution in [2.45, 2.75) is 12.8 Å². The van der Waals surface area contributed by atoms with Gasteiger partial charge in [0.25, 0.3) is 5.91 Å². The Morgan fingerprint density at radius 1 is 1.25 bits per heavy atom. The molecule has 132 valence electrons. The molecule has 2 aliphatic rings. The number of halogens is 2. The highest BCUT2D eigenvalue weighted by molar-refractivity contribution is 5.98. The van der Waals surface area contributed by atoms with E-state index in [1.165, 1.54) is 6.07 Å². The minimum Gasteiger partial charge on any atom is -0.351 e. The van der Waals surface area contributed by atoms with Crippen LogP contribution in [0.4, 0.5) is 10.1 Å². The Morgan fingerprint density at radius 3 is 2.75 bits per heavy atom. The predicted octanol–water partition coefficient (Wildman–Crippen LogP) is 0.767. The molecule has 1 saturated heterocycles. The Labute approximate surface area is 146 Å². The summed E-state index contributed by atoms with van der Waals surface area (Å²) in [5.41, 5.74) is 1.31. The van der Waals surface area contributed by atoms with E-state index in [1.54, 1.807) is 6.07 Å². The van der Waals surface area contributed by atoms with Gasteiger partial charge in [-0.2, -0.15) is 0 Å². The summed E-state index contributed by atoms with van der Waals surface area (Å²) in [4.78, 5) is 25.8. The quantitative estimate of drug-likeness (QED) is 0.745. The molecule has 24 heavy (non-hydrogen) atoms. The number of nitrogens with one attached hydrogen (secondary N) is 3. The molecule has 3 N–H and O–H groups in total. The highest BCUT2D eigenvalue weighted by Gasteiger charge is 2.20. The Balaban J connectivity index is 0.00000208. The van der Waals surface area contributed by atoms with Crippen LogP contribution >= 0.6 is 12.4 Å². The smallest absolute Gasteiger partial charge is 0.254 e. The fraction of sp³-hybridized carbons (Fsp3) is 0.500. The first-order valence-corrected chi connectivity index (χ1v) is 7.97. The predicted molar refractivity (Wildman–Crippen MR) is 92.2 cm³/mol. The number of nitrogens with zero attached hydrogens (tertiary/aromatic N) is 1. The van der Waals surface area contributed by atoms with E-state index in [2.05, 4.69) is 20.9 Å². The second kappa shape index (κ2) is 8.41. The molecule has 0 aromatic heterocycles. The summed E-state index contributed by atoms with van der Waals surface area (Å²) in [6.45, 7) is 5.09. The van der Waals surface area contributed by atoms with Crippen molar-refractivity contribution in [1.82, 2.24) is 15.5 Å². The third kappa shape index (κ3) is 4.43. The number of hydrogen-bond donors (Lipinski definition) is 3. The van der Waals surface area contributed by atoms with Gasteiger partial charge in [0.2, 0.25) is 5.91 Å². The molecule has 3 rings (SSSR count). The summed E-state index contributed by atoms with van der Waals surface area (Å²) in [6, 6.07) is 2.78. The van der Waals surface area contributed by atoms with Crippen molar-refractivity contribution >= 4 is 29.9 Å². The number of carbonyl (C=O) groups is 2. The molecule has 1 aromatic rings. The highest BCUT2D eigenvalue weighted by Crippen LogP contribution is 2.25. The van der Waals surface area contributed by atoms with Crippen LogP contribution in [0.2, 0.25) is 0 Å². The molecule has 0 radical (unpaired) electrons. The molecule has 1 aromatic carbocycles. The molecular formula is C16H22ClFN4O2. The minimum absolute atomic E-state index is 0. The van der Waals surface area contributed by atoms with Gasteiger partial charge in [0.05, 0.1) is 5.56 Å². The summed E-state index contributed by atoms with van der Waals surface area (Å²) in [6.07, 6.45) is 0.894. The Hall–Kier alpha value is -1.70. The van der Waals surface area contributed by atoms with E-state index >= 15 is 0 Å². The zero-order valence-electron chi connectivity index (χ0n) is 13.4. The maximum atomic E-state index is 14.1. The Kier molecular flexibility index (Phi) is 6.53. The van der Waals surface area contributed by atoms with Crippen LogP contribution in [0, 0.1) is 5.82 Å². The van der Waals surface area contributed by atoms with Gasteiger partial charge in [0.1, 0.15) is 5.82 Å². The van der Waals surface area contributed by atoms with Gasteiger partial charge < -0.3 is 16.0 Å². The number of piperazine rings is 1. The van der Waals surface area contributed by atoms with E-state index in [4.69, 9.17) is 0 Å². The Morgan fingerprint density at radius 2 is 2.00 bits per heavy atom. The van der Waals surface area contributed by atoms with Crippen LogP contribution in [-0.2, 0) is 11.2 Å². The lowest BCUT2D eigenvalue weighted by Gasteiger charge is -2.27. The molecule has 2 aliphatic heterocycles. The number of fused-ring (bicyclic) bond motifs is 1. The van der Waals surface area contributed by atoms with Crippen LogP contribution in [0.15, 0.2) is 12.1 Å². The molecule has 2 amide bonds. The van der Waals surface area contributed by atoms with Gasteiger partial charge in [-0.3, -0.25) is 14.5 Å². The maximum Gasteiger partial charge on any atom is 0.254 e. The summed E-state index contributed by atoms with van der Waals surface area (Å²) in [7, 11) is 0. The van der Waals surface area contributed by atoms with E-state index in [0.29, 0.717) is 25.1 Å². The zero-order chi connectivity index (χ0) is 16.2. The van der Waals surface area contributed by atoms with E-state index in [1.807, 2.05) is 0 Å². The maximum absolute atomic E-state index is 14.1. The third-order valence-electron chi connectivity index (χ3n) is 4.26. The van der Waals surface area contributed by atoms with Crippen LogP contribution < -0.4 is 16.0 Å². The van der Waals surface area contributed by atoms with Crippen LogP contribution in [0.3, 0.4) is 0 Å². The first-order chi connectivity index (χ1) is 11.1. The number of carbonyl (C=O) groups excluding carboxylic acids is 2. The molecule has 6 nitrogen and oxygen atoms in total. The van der Waals surface area contributed by atoms with Crippen LogP contribution in [0.25, 0.3) is 0 Å². The lowest BCUT2D eigenvalue weighted by Crippen LogP contribution is -2.46. The second-order valence-corrected chi connectivity index (χ2v) is 5.88. The van der Waals surface area contributed by atoms with E-state index in [0.717, 1.165) is 38.3 Å². The van der Waals surface area contributed by atoms with Crippen LogP contribution in [0.1, 0.15) is 22.3 Å². The molecule has 0 saturated carbocycles. The summed E-state index contributed by atoms with van der Waals surface area (Å²) in [5, 5.41) is 8.67. The third-order valence-corrected chi connectivity index (χ3v) is 4.26. The highest BCUT2D eigenvalue weighted by atomic mass is 35.5. The van der Waals surface area contributed by atoms with Crippen molar-refractivity contribution in [2.24, 2.45) is 0 Å². The van der Waals surface area contributed by atoms with Crippen molar-refractivity contribution in [3.8, 4) is 0 Å². The topological polar surface area (TPSA) is 73.5 Å². The summed E-state index contributed by atoms with van der Waals surface area (Å²) in [5.74, 6) is -1.13. The number of anilines is 1. The number of benzene rings is 1. The largest absolute Gasteiger partial charge is 0.351 e. The average Bonchev–Trinajstić information content (AvgIpc) is 2.55. The van der Waals surface area contributed by atoms with Gasteiger partial charge >= 0.3 is 0 Å². The molecule has 0 bridgehead atoms. The fourth-order valence-electron chi connectivity index (χ4n) is 2.93. The molecule has 2 heterocycles. The number of amides is 2. The lowest BCUT2D eigenvalue weighted by molar-refractivity contribution is -0.116. The van der Waals surface area contributed by atoms with Crippen molar-refractivity contribution in [3.05, 3.63) is 29.1 Å². The van der Waals surface area contributed by atoms with Gasteiger partial charge in [-0.15, -0.1) is 12.4 Å². The van der Waals surface area contributed by atoms with Gasteiger partial charge in [0, 0.05) is 51.4 Å². The summed E-state index contributed by atoms with van der Waals surface area (Å²) < 4.78 is 14.1. The molecule has 1 fully saturated rings. The first-order valence-electron chi connectivity index (χ1n) is 7.97. The average molecular weight is 357 g/mol. The van der Waals surface area contributed by atoms with Gasteiger partial charge in [-0.1, -0.05) is 0 Å². The monoisotopic (exact) mass is 356 g/mol. The fourth-order valence-corrected chi connectivity index (χ4v) is 2.93. The van der Waals surface area contributed by atoms with Crippen molar-refractivity contribution < 1.29 is 14.0 Å². The van der Waals surface area contributed by atoms with Gasteiger partial charge in [-0.05, 0) is 24.1 Å². The van der Waals surface area contributed by atoms with E-state index in [-0.39, 0.29) is 23.9 Å². The van der Waals surface area contributed by atoms with Crippen molar-refractivity contribution in [3.63, 3.8) is 0 Å².